The predicted octanol–water partition coefficient (Wildman–Crippen LogP) is 1.83. The zero-order valence-electron chi connectivity index (χ0n) is 10.8. The molecule has 0 saturated carbocycles. The van der Waals surface area contributed by atoms with E-state index in [0.29, 0.717) is 12.2 Å². The van der Waals surface area contributed by atoms with Crippen LogP contribution in [0.1, 0.15) is 24.6 Å². The zero-order chi connectivity index (χ0) is 13.7. The number of carbonyl (C=O) groups is 1. The van der Waals surface area contributed by atoms with Gasteiger partial charge >= 0.3 is 5.97 Å². The molecular formula is C13H17BrN2O3. The molecule has 1 saturated heterocycles. The Hall–Kier alpha value is -0.980. The highest BCUT2D eigenvalue weighted by atomic mass is 79.9. The van der Waals surface area contributed by atoms with Crippen molar-refractivity contribution in [1.82, 2.24) is 10.3 Å². The maximum atomic E-state index is 11.8. The molecule has 5 nitrogen and oxygen atoms in total. The minimum Gasteiger partial charge on any atom is -0.468 e. The lowest BCUT2D eigenvalue weighted by Gasteiger charge is -2.18. The molecule has 19 heavy (non-hydrogen) atoms. The fraction of sp³-hybridized carbons (Fsp3) is 0.538. The molecule has 104 valence electrons. The van der Waals surface area contributed by atoms with E-state index < -0.39 is 6.04 Å². The molecule has 6 heteroatoms. The van der Waals surface area contributed by atoms with Crippen molar-refractivity contribution in [1.29, 1.82) is 0 Å². The van der Waals surface area contributed by atoms with Crippen molar-refractivity contribution in [2.75, 3.05) is 20.3 Å². The summed E-state index contributed by atoms with van der Waals surface area (Å²) < 4.78 is 11.2. The van der Waals surface area contributed by atoms with Crippen molar-refractivity contribution in [3.63, 3.8) is 0 Å². The monoisotopic (exact) mass is 328 g/mol. The van der Waals surface area contributed by atoms with Crippen molar-refractivity contribution >= 4 is 21.9 Å². The second-order valence-corrected chi connectivity index (χ2v) is 5.32. The van der Waals surface area contributed by atoms with Gasteiger partial charge in [-0.2, -0.15) is 0 Å². The molecule has 0 amide bonds. The SMILES string of the molecule is COC(=O)C(NCC1CCCO1)c1ccc(Br)cn1. The average Bonchev–Trinajstić information content (AvgIpc) is 2.93. The van der Waals surface area contributed by atoms with Crippen LogP contribution in [0.4, 0.5) is 0 Å². The Bertz CT molecular complexity index is 418. The van der Waals surface area contributed by atoms with Crippen LogP contribution in [-0.2, 0) is 14.3 Å². The van der Waals surface area contributed by atoms with Gasteiger partial charge in [-0.25, -0.2) is 4.79 Å². The molecular weight excluding hydrogens is 312 g/mol. The molecule has 2 rings (SSSR count). The number of ether oxygens (including phenoxy) is 2. The van der Waals surface area contributed by atoms with Crippen molar-refractivity contribution in [2.45, 2.75) is 25.0 Å². The first kappa shape index (κ1) is 14.4. The van der Waals surface area contributed by atoms with Gasteiger partial charge in [0.15, 0.2) is 0 Å². The van der Waals surface area contributed by atoms with E-state index in [1.807, 2.05) is 6.07 Å². The first-order chi connectivity index (χ1) is 9.20. The lowest BCUT2D eigenvalue weighted by atomic mass is 10.1. The van der Waals surface area contributed by atoms with Crippen LogP contribution in [-0.4, -0.2) is 37.3 Å². The summed E-state index contributed by atoms with van der Waals surface area (Å²) in [4.78, 5) is 16.1. The molecule has 1 N–H and O–H groups in total. The van der Waals surface area contributed by atoms with Gasteiger partial charge < -0.3 is 9.47 Å². The largest absolute Gasteiger partial charge is 0.468 e. The summed E-state index contributed by atoms with van der Waals surface area (Å²) in [5.74, 6) is -0.340. The Morgan fingerprint density at radius 3 is 3.11 bits per heavy atom. The molecule has 1 aliphatic heterocycles. The normalized spacial score (nSPS) is 20.2. The first-order valence-corrected chi connectivity index (χ1v) is 7.04. The summed E-state index contributed by atoms with van der Waals surface area (Å²) in [6.07, 6.45) is 3.93. The molecule has 1 aromatic heterocycles. The van der Waals surface area contributed by atoms with E-state index in [0.717, 1.165) is 23.9 Å². The zero-order valence-corrected chi connectivity index (χ0v) is 12.4. The topological polar surface area (TPSA) is 60.5 Å². The minimum atomic E-state index is -0.553. The minimum absolute atomic E-state index is 0.169. The number of nitrogens with zero attached hydrogens (tertiary/aromatic N) is 1. The van der Waals surface area contributed by atoms with Crippen LogP contribution in [0, 0.1) is 0 Å². The Kier molecular flexibility index (Phi) is 5.30. The fourth-order valence-corrected chi connectivity index (χ4v) is 2.27. The smallest absolute Gasteiger partial charge is 0.329 e. The molecule has 2 unspecified atom stereocenters. The van der Waals surface area contributed by atoms with Gasteiger partial charge in [-0.15, -0.1) is 0 Å². The van der Waals surface area contributed by atoms with Crippen molar-refractivity contribution < 1.29 is 14.3 Å². The highest BCUT2D eigenvalue weighted by Gasteiger charge is 2.24. The van der Waals surface area contributed by atoms with Gasteiger partial charge in [-0.05, 0) is 40.9 Å². The molecule has 1 aromatic rings. The molecule has 0 bridgehead atoms. The van der Waals surface area contributed by atoms with E-state index in [-0.39, 0.29) is 12.1 Å². The number of nitrogens with one attached hydrogen (secondary N) is 1. The Morgan fingerprint density at radius 2 is 2.53 bits per heavy atom. The lowest BCUT2D eigenvalue weighted by Crippen LogP contribution is -2.35. The number of esters is 1. The standard InChI is InChI=1S/C13H17BrN2O3/c1-18-13(17)12(11-5-4-9(14)7-15-11)16-8-10-3-2-6-19-10/h4-5,7,10,12,16H,2-3,6,8H2,1H3. The van der Waals surface area contributed by atoms with Gasteiger partial charge in [0, 0.05) is 23.8 Å². The van der Waals surface area contributed by atoms with E-state index in [2.05, 4.69) is 26.2 Å². The van der Waals surface area contributed by atoms with E-state index in [9.17, 15) is 4.79 Å². The predicted molar refractivity (Wildman–Crippen MR) is 73.7 cm³/mol. The number of rotatable bonds is 5. The van der Waals surface area contributed by atoms with Crippen LogP contribution in [0.15, 0.2) is 22.8 Å². The summed E-state index contributed by atoms with van der Waals surface area (Å²) in [5, 5.41) is 3.17. The summed E-state index contributed by atoms with van der Waals surface area (Å²) in [5.41, 5.74) is 0.646. The molecule has 0 spiro atoms. The van der Waals surface area contributed by atoms with E-state index >= 15 is 0 Å². The van der Waals surface area contributed by atoms with Crippen LogP contribution in [0.25, 0.3) is 0 Å². The maximum absolute atomic E-state index is 11.8. The van der Waals surface area contributed by atoms with Crippen LogP contribution >= 0.6 is 15.9 Å². The number of hydrogen-bond donors (Lipinski definition) is 1. The molecule has 0 radical (unpaired) electrons. The maximum Gasteiger partial charge on any atom is 0.329 e. The average molecular weight is 329 g/mol. The summed E-state index contributed by atoms with van der Waals surface area (Å²) >= 11 is 3.32. The number of pyridine rings is 1. The molecule has 0 aromatic carbocycles. The van der Waals surface area contributed by atoms with Crippen molar-refractivity contribution in [3.8, 4) is 0 Å². The second kappa shape index (κ2) is 6.98. The molecule has 2 heterocycles. The van der Waals surface area contributed by atoms with Crippen molar-refractivity contribution in [3.05, 3.63) is 28.5 Å². The number of hydrogen-bond acceptors (Lipinski definition) is 5. The van der Waals surface area contributed by atoms with Gasteiger partial charge in [0.2, 0.25) is 0 Å². The van der Waals surface area contributed by atoms with E-state index in [4.69, 9.17) is 9.47 Å². The molecule has 2 atom stereocenters. The van der Waals surface area contributed by atoms with E-state index in [1.165, 1.54) is 7.11 Å². The third-order valence-corrected chi connectivity index (χ3v) is 3.53. The Morgan fingerprint density at radius 1 is 1.68 bits per heavy atom. The van der Waals surface area contributed by atoms with Gasteiger partial charge in [0.05, 0.1) is 18.9 Å². The number of halogens is 1. The van der Waals surface area contributed by atoms with Crippen LogP contribution in [0.3, 0.4) is 0 Å². The number of methoxy groups -OCH3 is 1. The first-order valence-electron chi connectivity index (χ1n) is 6.25. The fourth-order valence-electron chi connectivity index (χ4n) is 2.04. The van der Waals surface area contributed by atoms with Gasteiger partial charge in [-0.1, -0.05) is 0 Å². The lowest BCUT2D eigenvalue weighted by molar-refractivity contribution is -0.143. The molecule has 1 aliphatic rings. The summed E-state index contributed by atoms with van der Waals surface area (Å²) in [6.45, 7) is 1.42. The van der Waals surface area contributed by atoms with E-state index in [1.54, 1.807) is 12.3 Å². The number of aromatic nitrogens is 1. The third-order valence-electron chi connectivity index (χ3n) is 3.06. The highest BCUT2D eigenvalue weighted by molar-refractivity contribution is 9.10. The van der Waals surface area contributed by atoms with Crippen LogP contribution in [0.5, 0.6) is 0 Å². The van der Waals surface area contributed by atoms with Gasteiger partial charge in [0.1, 0.15) is 6.04 Å². The Balaban J connectivity index is 2.02. The number of carbonyl (C=O) groups excluding carboxylic acids is 1. The third kappa shape index (κ3) is 3.99. The molecule has 1 fully saturated rings. The van der Waals surface area contributed by atoms with Crippen LogP contribution in [0.2, 0.25) is 0 Å². The van der Waals surface area contributed by atoms with Gasteiger partial charge in [0.25, 0.3) is 0 Å². The summed E-state index contributed by atoms with van der Waals surface area (Å²) in [6, 6.07) is 3.10. The van der Waals surface area contributed by atoms with Gasteiger partial charge in [-0.3, -0.25) is 10.3 Å². The van der Waals surface area contributed by atoms with Crippen molar-refractivity contribution in [2.24, 2.45) is 0 Å². The quantitative estimate of drug-likeness (QED) is 0.835. The highest BCUT2D eigenvalue weighted by Crippen LogP contribution is 2.17. The second-order valence-electron chi connectivity index (χ2n) is 4.40. The molecule has 0 aliphatic carbocycles. The summed E-state index contributed by atoms with van der Waals surface area (Å²) in [7, 11) is 1.38. The Labute approximate surface area is 120 Å². The van der Waals surface area contributed by atoms with Crippen LogP contribution < -0.4 is 5.32 Å².